The predicted molar refractivity (Wildman–Crippen MR) is 80.8 cm³/mol. The Morgan fingerprint density at radius 2 is 2.00 bits per heavy atom. The molecule has 2 saturated carbocycles. The number of benzene rings is 1. The zero-order valence-corrected chi connectivity index (χ0v) is 13.0. The molecule has 2 fully saturated rings. The topological polar surface area (TPSA) is 41.1 Å². The standard InChI is InChI=1S/C17H21F3N2O/c1-11(12-4-2-5-13(8-12)17(18,19)20)21-15(23)22-14-9-16(10-14)6-3-7-16/h2,4-5,8,11,14H,3,6-7,9-10H2,1H3,(H2,21,22,23)/t11-/m0/s1. The van der Waals surface area contributed by atoms with E-state index in [0.717, 1.165) is 25.0 Å². The normalized spacial score (nSPS) is 21.2. The molecule has 2 N–H and O–H groups in total. The van der Waals surface area contributed by atoms with E-state index in [-0.39, 0.29) is 12.1 Å². The van der Waals surface area contributed by atoms with Gasteiger partial charge in [0.2, 0.25) is 0 Å². The van der Waals surface area contributed by atoms with E-state index in [0.29, 0.717) is 11.0 Å². The molecule has 0 aromatic heterocycles. The molecule has 23 heavy (non-hydrogen) atoms. The summed E-state index contributed by atoms with van der Waals surface area (Å²) in [7, 11) is 0. The Balaban J connectivity index is 1.52. The molecule has 1 aromatic carbocycles. The minimum absolute atomic E-state index is 0.198. The highest BCUT2D eigenvalue weighted by Gasteiger charge is 2.48. The van der Waals surface area contributed by atoms with Gasteiger partial charge in [-0.1, -0.05) is 18.6 Å². The molecule has 126 valence electrons. The Morgan fingerprint density at radius 3 is 2.57 bits per heavy atom. The van der Waals surface area contributed by atoms with Gasteiger partial charge in [0.15, 0.2) is 0 Å². The molecule has 1 atom stereocenters. The molecule has 3 rings (SSSR count). The maximum atomic E-state index is 12.7. The van der Waals surface area contributed by atoms with Crippen LogP contribution in [0.2, 0.25) is 0 Å². The number of carbonyl (C=O) groups is 1. The zero-order chi connectivity index (χ0) is 16.7. The Labute approximate surface area is 133 Å². The summed E-state index contributed by atoms with van der Waals surface area (Å²) in [4.78, 5) is 12.0. The molecular formula is C17H21F3N2O. The van der Waals surface area contributed by atoms with Gasteiger partial charge in [0.25, 0.3) is 0 Å². The fourth-order valence-corrected chi connectivity index (χ4v) is 3.66. The maximum Gasteiger partial charge on any atom is 0.416 e. The van der Waals surface area contributed by atoms with Crippen LogP contribution in [0.1, 0.15) is 56.2 Å². The smallest absolute Gasteiger partial charge is 0.335 e. The highest BCUT2D eigenvalue weighted by Crippen LogP contribution is 2.55. The average molecular weight is 326 g/mol. The van der Waals surface area contributed by atoms with Crippen molar-refractivity contribution in [3.63, 3.8) is 0 Å². The Morgan fingerprint density at radius 1 is 1.30 bits per heavy atom. The molecule has 0 unspecified atom stereocenters. The van der Waals surface area contributed by atoms with E-state index in [9.17, 15) is 18.0 Å². The number of halogens is 3. The van der Waals surface area contributed by atoms with Crippen LogP contribution in [0.5, 0.6) is 0 Å². The zero-order valence-electron chi connectivity index (χ0n) is 13.0. The van der Waals surface area contributed by atoms with Gasteiger partial charge in [-0.15, -0.1) is 0 Å². The van der Waals surface area contributed by atoms with E-state index < -0.39 is 17.8 Å². The van der Waals surface area contributed by atoms with Gasteiger partial charge in [-0.2, -0.15) is 13.2 Å². The molecule has 2 aliphatic carbocycles. The lowest BCUT2D eigenvalue weighted by Crippen LogP contribution is -2.55. The van der Waals surface area contributed by atoms with Crippen molar-refractivity contribution < 1.29 is 18.0 Å². The number of urea groups is 1. The summed E-state index contributed by atoms with van der Waals surface area (Å²) in [6, 6.07) is 4.47. The van der Waals surface area contributed by atoms with Crippen molar-refractivity contribution >= 4 is 6.03 Å². The van der Waals surface area contributed by atoms with Crippen LogP contribution < -0.4 is 10.6 Å². The third-order valence-corrected chi connectivity index (χ3v) is 5.17. The molecule has 6 heteroatoms. The minimum atomic E-state index is -4.37. The summed E-state index contributed by atoms with van der Waals surface area (Å²) >= 11 is 0. The summed E-state index contributed by atoms with van der Waals surface area (Å²) < 4.78 is 38.2. The largest absolute Gasteiger partial charge is 0.416 e. The number of nitrogens with one attached hydrogen (secondary N) is 2. The van der Waals surface area contributed by atoms with Crippen LogP contribution in [0.3, 0.4) is 0 Å². The molecule has 0 saturated heterocycles. The van der Waals surface area contributed by atoms with Gasteiger partial charge in [-0.05, 0) is 55.7 Å². The van der Waals surface area contributed by atoms with Gasteiger partial charge in [-0.3, -0.25) is 0 Å². The summed E-state index contributed by atoms with van der Waals surface area (Å²) in [5, 5.41) is 5.63. The van der Waals surface area contributed by atoms with Crippen molar-refractivity contribution in [1.82, 2.24) is 10.6 Å². The van der Waals surface area contributed by atoms with Gasteiger partial charge < -0.3 is 10.6 Å². The summed E-state index contributed by atoms with van der Waals surface area (Å²) in [5.74, 6) is 0. The van der Waals surface area contributed by atoms with E-state index in [1.807, 2.05) is 0 Å². The Hall–Kier alpha value is -1.72. The number of hydrogen-bond acceptors (Lipinski definition) is 1. The second-order valence-corrected chi connectivity index (χ2v) is 6.92. The third-order valence-electron chi connectivity index (χ3n) is 5.17. The lowest BCUT2D eigenvalue weighted by molar-refractivity contribution is -0.137. The predicted octanol–water partition coefficient (Wildman–Crippen LogP) is 4.40. The number of hydrogen-bond donors (Lipinski definition) is 2. The number of carbonyl (C=O) groups excluding carboxylic acids is 1. The van der Waals surface area contributed by atoms with Crippen molar-refractivity contribution in [3.05, 3.63) is 35.4 Å². The molecule has 0 radical (unpaired) electrons. The lowest BCUT2D eigenvalue weighted by atomic mass is 9.54. The second kappa shape index (κ2) is 5.73. The molecule has 2 aliphatic rings. The first-order valence-corrected chi connectivity index (χ1v) is 8.02. The van der Waals surface area contributed by atoms with Gasteiger partial charge in [0, 0.05) is 6.04 Å². The van der Waals surface area contributed by atoms with Crippen molar-refractivity contribution in [3.8, 4) is 0 Å². The van der Waals surface area contributed by atoms with E-state index in [2.05, 4.69) is 10.6 Å². The van der Waals surface area contributed by atoms with Crippen LogP contribution in [0, 0.1) is 5.41 Å². The number of amides is 2. The maximum absolute atomic E-state index is 12.7. The number of rotatable bonds is 3. The van der Waals surface area contributed by atoms with Gasteiger partial charge >= 0.3 is 12.2 Å². The molecule has 1 spiro atoms. The number of alkyl halides is 3. The average Bonchev–Trinajstić information content (AvgIpc) is 2.39. The van der Waals surface area contributed by atoms with Crippen molar-refractivity contribution in [1.29, 1.82) is 0 Å². The monoisotopic (exact) mass is 326 g/mol. The van der Waals surface area contributed by atoms with Gasteiger partial charge in [0.1, 0.15) is 0 Å². The summed E-state index contributed by atoms with van der Waals surface area (Å²) in [5.41, 5.74) is 0.221. The highest BCUT2D eigenvalue weighted by molar-refractivity contribution is 5.75. The van der Waals surface area contributed by atoms with Crippen LogP contribution in [-0.4, -0.2) is 12.1 Å². The van der Waals surface area contributed by atoms with Crippen molar-refractivity contribution in [2.75, 3.05) is 0 Å². The lowest BCUT2D eigenvalue weighted by Gasteiger charge is -2.54. The second-order valence-electron chi connectivity index (χ2n) is 6.92. The molecule has 1 aromatic rings. The first kappa shape index (κ1) is 16.1. The Kier molecular flexibility index (Phi) is 4.02. The first-order valence-electron chi connectivity index (χ1n) is 8.02. The molecule has 0 bridgehead atoms. The van der Waals surface area contributed by atoms with Crippen molar-refractivity contribution in [2.45, 2.75) is 57.3 Å². The summed E-state index contributed by atoms with van der Waals surface area (Å²) in [6.45, 7) is 1.68. The first-order chi connectivity index (χ1) is 10.8. The third kappa shape index (κ3) is 3.46. The van der Waals surface area contributed by atoms with Crippen LogP contribution in [0.25, 0.3) is 0 Å². The fourth-order valence-electron chi connectivity index (χ4n) is 3.66. The van der Waals surface area contributed by atoms with Crippen LogP contribution in [0.15, 0.2) is 24.3 Å². The molecule has 0 aliphatic heterocycles. The quantitative estimate of drug-likeness (QED) is 0.849. The van der Waals surface area contributed by atoms with E-state index >= 15 is 0 Å². The Bertz CT molecular complexity index is 588. The van der Waals surface area contributed by atoms with E-state index in [1.165, 1.54) is 25.3 Å². The SMILES string of the molecule is C[C@H](NC(=O)NC1CC2(CCC2)C1)c1cccc(C(F)(F)F)c1. The van der Waals surface area contributed by atoms with E-state index in [1.54, 1.807) is 13.0 Å². The molecule has 2 amide bonds. The summed E-state index contributed by atoms with van der Waals surface area (Å²) in [6.07, 6.45) is 1.48. The fraction of sp³-hybridized carbons (Fsp3) is 0.588. The van der Waals surface area contributed by atoms with Crippen LogP contribution >= 0.6 is 0 Å². The minimum Gasteiger partial charge on any atom is -0.335 e. The molecule has 0 heterocycles. The molecular weight excluding hydrogens is 305 g/mol. The highest BCUT2D eigenvalue weighted by atomic mass is 19.4. The van der Waals surface area contributed by atoms with E-state index in [4.69, 9.17) is 0 Å². The van der Waals surface area contributed by atoms with Gasteiger partial charge in [-0.25, -0.2) is 4.79 Å². The van der Waals surface area contributed by atoms with Gasteiger partial charge in [0.05, 0.1) is 11.6 Å². The van der Waals surface area contributed by atoms with Crippen LogP contribution in [-0.2, 0) is 6.18 Å². The van der Waals surface area contributed by atoms with Crippen LogP contribution in [0.4, 0.5) is 18.0 Å². The van der Waals surface area contributed by atoms with Crippen molar-refractivity contribution in [2.24, 2.45) is 5.41 Å². The molecule has 3 nitrogen and oxygen atoms in total.